The van der Waals surface area contributed by atoms with Gasteiger partial charge in [-0.1, -0.05) is 6.07 Å². The van der Waals surface area contributed by atoms with E-state index < -0.39 is 0 Å². The van der Waals surface area contributed by atoms with Crippen LogP contribution >= 0.6 is 0 Å². The summed E-state index contributed by atoms with van der Waals surface area (Å²) in [6.07, 6.45) is 5.56. The quantitative estimate of drug-likeness (QED) is 0.888. The number of aromatic nitrogens is 2. The molecule has 0 radical (unpaired) electrons. The van der Waals surface area contributed by atoms with E-state index in [0.717, 1.165) is 18.0 Å². The standard InChI is InChI=1S/C13H15N3O2/c1-14-11(7-16-5-4-15-8-16)10-2-3-12-13(6-10)18-9-17-12/h2-6,8,11,14H,7,9H2,1H3. The van der Waals surface area contributed by atoms with Gasteiger partial charge in [-0.3, -0.25) is 0 Å². The molecule has 2 heterocycles. The third-order valence-corrected chi connectivity index (χ3v) is 3.10. The van der Waals surface area contributed by atoms with Gasteiger partial charge in [-0.05, 0) is 24.7 Å². The minimum absolute atomic E-state index is 0.216. The minimum atomic E-state index is 0.216. The fourth-order valence-electron chi connectivity index (χ4n) is 2.10. The molecule has 0 saturated carbocycles. The van der Waals surface area contributed by atoms with Gasteiger partial charge in [0.2, 0.25) is 6.79 Å². The molecule has 2 aromatic rings. The first-order valence-corrected chi connectivity index (χ1v) is 5.89. The molecule has 1 aromatic heterocycles. The van der Waals surface area contributed by atoms with Crippen LogP contribution in [0, 0.1) is 0 Å². The third-order valence-electron chi connectivity index (χ3n) is 3.10. The lowest BCUT2D eigenvalue weighted by Crippen LogP contribution is -2.21. The van der Waals surface area contributed by atoms with Crippen molar-refractivity contribution in [2.75, 3.05) is 13.8 Å². The Kier molecular flexibility index (Phi) is 2.90. The van der Waals surface area contributed by atoms with Gasteiger partial charge in [-0.2, -0.15) is 0 Å². The first-order valence-electron chi connectivity index (χ1n) is 5.89. The molecule has 0 saturated heterocycles. The number of likely N-dealkylation sites (N-methyl/N-ethyl adjacent to an activating group) is 1. The summed E-state index contributed by atoms with van der Waals surface area (Å²) >= 11 is 0. The van der Waals surface area contributed by atoms with E-state index >= 15 is 0 Å². The number of rotatable bonds is 4. The lowest BCUT2D eigenvalue weighted by atomic mass is 10.1. The predicted molar refractivity (Wildman–Crippen MR) is 66.6 cm³/mol. The number of nitrogens with one attached hydrogen (secondary N) is 1. The van der Waals surface area contributed by atoms with Crippen LogP contribution < -0.4 is 14.8 Å². The van der Waals surface area contributed by atoms with Crippen LogP contribution in [0.15, 0.2) is 36.9 Å². The van der Waals surface area contributed by atoms with Gasteiger partial charge in [-0.15, -0.1) is 0 Å². The Labute approximate surface area is 105 Å². The van der Waals surface area contributed by atoms with Crippen molar-refractivity contribution in [2.45, 2.75) is 12.6 Å². The maximum Gasteiger partial charge on any atom is 0.231 e. The number of hydrogen-bond donors (Lipinski definition) is 1. The van der Waals surface area contributed by atoms with Gasteiger partial charge >= 0.3 is 0 Å². The maximum absolute atomic E-state index is 5.40. The van der Waals surface area contributed by atoms with Crippen LogP contribution in [0.25, 0.3) is 0 Å². The van der Waals surface area contributed by atoms with E-state index in [1.807, 2.05) is 36.3 Å². The van der Waals surface area contributed by atoms with Crippen LogP contribution in [0.4, 0.5) is 0 Å². The van der Waals surface area contributed by atoms with Gasteiger partial charge in [-0.25, -0.2) is 4.98 Å². The van der Waals surface area contributed by atoms with E-state index in [1.165, 1.54) is 5.56 Å². The topological polar surface area (TPSA) is 48.3 Å². The average Bonchev–Trinajstić information content (AvgIpc) is 3.06. The molecule has 5 heteroatoms. The summed E-state index contributed by atoms with van der Waals surface area (Å²) in [4.78, 5) is 4.05. The Bertz CT molecular complexity index is 525. The predicted octanol–water partition coefficient (Wildman–Crippen LogP) is 1.57. The van der Waals surface area contributed by atoms with Crippen LogP contribution in [-0.2, 0) is 6.54 Å². The van der Waals surface area contributed by atoms with Crippen molar-refractivity contribution in [3.8, 4) is 11.5 Å². The van der Waals surface area contributed by atoms with E-state index in [0.29, 0.717) is 6.79 Å². The number of imidazole rings is 1. The average molecular weight is 245 g/mol. The summed E-state index contributed by atoms with van der Waals surface area (Å²) < 4.78 is 12.8. The zero-order chi connectivity index (χ0) is 12.4. The van der Waals surface area contributed by atoms with E-state index in [-0.39, 0.29) is 6.04 Å². The van der Waals surface area contributed by atoms with E-state index in [1.54, 1.807) is 6.20 Å². The van der Waals surface area contributed by atoms with Crippen molar-refractivity contribution in [1.29, 1.82) is 0 Å². The highest BCUT2D eigenvalue weighted by Crippen LogP contribution is 2.34. The third kappa shape index (κ3) is 2.04. The second-order valence-electron chi connectivity index (χ2n) is 4.21. The number of nitrogens with zero attached hydrogens (tertiary/aromatic N) is 2. The van der Waals surface area contributed by atoms with Gasteiger partial charge in [0.1, 0.15) is 0 Å². The van der Waals surface area contributed by atoms with Crippen molar-refractivity contribution in [3.05, 3.63) is 42.5 Å². The number of fused-ring (bicyclic) bond motifs is 1. The zero-order valence-electron chi connectivity index (χ0n) is 10.2. The van der Waals surface area contributed by atoms with E-state index in [9.17, 15) is 0 Å². The lowest BCUT2D eigenvalue weighted by Gasteiger charge is -2.17. The molecule has 1 unspecified atom stereocenters. The van der Waals surface area contributed by atoms with E-state index in [4.69, 9.17) is 9.47 Å². The SMILES string of the molecule is CNC(Cn1ccnc1)c1ccc2c(c1)OCO2. The molecule has 0 aliphatic carbocycles. The van der Waals surface area contributed by atoms with Crippen molar-refractivity contribution in [1.82, 2.24) is 14.9 Å². The first-order chi connectivity index (χ1) is 8.86. The molecular formula is C13H15N3O2. The fraction of sp³-hybridized carbons (Fsp3) is 0.308. The molecular weight excluding hydrogens is 230 g/mol. The molecule has 18 heavy (non-hydrogen) atoms. The fourth-order valence-corrected chi connectivity index (χ4v) is 2.10. The highest BCUT2D eigenvalue weighted by atomic mass is 16.7. The number of benzene rings is 1. The van der Waals surface area contributed by atoms with Crippen LogP contribution in [0.3, 0.4) is 0 Å². The Morgan fingerprint density at radius 3 is 3.06 bits per heavy atom. The van der Waals surface area contributed by atoms with Crippen molar-refractivity contribution < 1.29 is 9.47 Å². The van der Waals surface area contributed by atoms with Crippen molar-refractivity contribution in [3.63, 3.8) is 0 Å². The largest absolute Gasteiger partial charge is 0.454 e. The minimum Gasteiger partial charge on any atom is -0.454 e. The molecule has 1 aliphatic heterocycles. The van der Waals surface area contributed by atoms with Gasteiger partial charge in [0, 0.05) is 18.9 Å². The molecule has 5 nitrogen and oxygen atoms in total. The molecule has 1 aliphatic rings. The molecule has 0 bridgehead atoms. The molecule has 0 fully saturated rings. The van der Waals surface area contributed by atoms with Gasteiger partial charge in [0.25, 0.3) is 0 Å². The van der Waals surface area contributed by atoms with Gasteiger partial charge in [0.05, 0.1) is 12.4 Å². The zero-order valence-corrected chi connectivity index (χ0v) is 10.2. The highest BCUT2D eigenvalue weighted by Gasteiger charge is 2.17. The summed E-state index contributed by atoms with van der Waals surface area (Å²) in [5.74, 6) is 1.63. The maximum atomic E-state index is 5.40. The number of hydrogen-bond acceptors (Lipinski definition) is 4. The normalized spacial score (nSPS) is 14.7. The molecule has 94 valence electrons. The lowest BCUT2D eigenvalue weighted by molar-refractivity contribution is 0.174. The summed E-state index contributed by atoms with van der Waals surface area (Å²) in [5.41, 5.74) is 1.18. The van der Waals surface area contributed by atoms with Crippen molar-refractivity contribution >= 4 is 0 Å². The Morgan fingerprint density at radius 2 is 2.28 bits per heavy atom. The molecule has 0 amide bonds. The van der Waals surface area contributed by atoms with Crippen LogP contribution in [0.1, 0.15) is 11.6 Å². The molecule has 0 spiro atoms. The van der Waals surface area contributed by atoms with Crippen LogP contribution in [-0.4, -0.2) is 23.4 Å². The second kappa shape index (κ2) is 4.70. The van der Waals surface area contributed by atoms with Gasteiger partial charge in [0.15, 0.2) is 11.5 Å². The summed E-state index contributed by atoms with van der Waals surface area (Å²) in [6, 6.07) is 6.26. The molecule has 1 N–H and O–H groups in total. The molecule has 1 atom stereocenters. The summed E-state index contributed by atoms with van der Waals surface area (Å²) in [7, 11) is 1.95. The first kappa shape index (κ1) is 11.1. The van der Waals surface area contributed by atoms with Gasteiger partial charge < -0.3 is 19.4 Å². The van der Waals surface area contributed by atoms with Crippen molar-refractivity contribution in [2.24, 2.45) is 0 Å². The molecule has 1 aromatic carbocycles. The number of ether oxygens (including phenoxy) is 2. The summed E-state index contributed by atoms with van der Waals surface area (Å²) in [5, 5.41) is 3.30. The van der Waals surface area contributed by atoms with Crippen LogP contribution in [0.5, 0.6) is 11.5 Å². The monoisotopic (exact) mass is 245 g/mol. The Balaban J connectivity index is 1.83. The smallest absolute Gasteiger partial charge is 0.231 e. The molecule has 3 rings (SSSR count). The Hall–Kier alpha value is -2.01. The van der Waals surface area contributed by atoms with Crippen LogP contribution in [0.2, 0.25) is 0 Å². The highest BCUT2D eigenvalue weighted by molar-refractivity contribution is 5.45. The Morgan fingerprint density at radius 1 is 1.39 bits per heavy atom. The van der Waals surface area contributed by atoms with E-state index in [2.05, 4.69) is 16.4 Å². The summed E-state index contributed by atoms with van der Waals surface area (Å²) in [6.45, 7) is 1.14. The second-order valence-corrected chi connectivity index (χ2v) is 4.21.